The maximum Gasteiger partial charge on any atom is 0.0596 e. The monoisotopic (exact) mass is 312 g/mol. The fourth-order valence-electron chi connectivity index (χ4n) is 6.91. The minimum atomic E-state index is -0.0638. The van der Waals surface area contributed by atoms with Crippen LogP contribution in [0.15, 0.2) is 36.0 Å². The van der Waals surface area contributed by atoms with E-state index in [1.165, 1.54) is 50.5 Å². The number of allylic oxidation sites excluding steroid dienone is 5. The lowest BCUT2D eigenvalue weighted by Crippen LogP contribution is -2.51. The number of fused-ring (bicyclic) bond motifs is 5. The van der Waals surface area contributed by atoms with E-state index in [2.05, 4.69) is 38.7 Å². The summed E-state index contributed by atoms with van der Waals surface area (Å²) in [5.74, 6) is 2.30. The molecule has 1 heteroatoms. The maximum absolute atomic E-state index is 10.6. The van der Waals surface area contributed by atoms with Crippen molar-refractivity contribution in [2.45, 2.75) is 71.3 Å². The topological polar surface area (TPSA) is 20.2 Å². The standard InChI is InChI=1S/C22H32O/c1-4-15-10-13-22(5-2)16(14-15)6-7-17-18-8-9-20(23)21(18,3)12-11-19(17)22/h4-5,14,17-20,23H,2,6-13H2,1,3H3/b15-4+/t17?,18?,19?,20-,21-,22-/m0/s1. The average Bonchev–Trinajstić information content (AvgIpc) is 2.89. The Kier molecular flexibility index (Phi) is 3.65. The van der Waals surface area contributed by atoms with Crippen molar-refractivity contribution < 1.29 is 5.11 Å². The second-order valence-electron chi connectivity index (χ2n) is 8.83. The molecule has 0 spiro atoms. The Hall–Kier alpha value is -0.820. The quantitative estimate of drug-likeness (QED) is 0.641. The molecule has 3 fully saturated rings. The summed E-state index contributed by atoms with van der Waals surface area (Å²) in [5.41, 5.74) is 3.63. The smallest absolute Gasteiger partial charge is 0.0596 e. The van der Waals surface area contributed by atoms with E-state index in [1.807, 2.05) is 0 Å². The van der Waals surface area contributed by atoms with Gasteiger partial charge in [-0.25, -0.2) is 0 Å². The lowest BCUT2D eigenvalue weighted by atomic mass is 9.47. The Morgan fingerprint density at radius 2 is 1.96 bits per heavy atom. The molecule has 1 N–H and O–H groups in total. The van der Waals surface area contributed by atoms with Crippen LogP contribution in [0.4, 0.5) is 0 Å². The van der Waals surface area contributed by atoms with Gasteiger partial charge in [-0.05, 0) is 81.5 Å². The van der Waals surface area contributed by atoms with Crippen LogP contribution in [0, 0.1) is 28.6 Å². The van der Waals surface area contributed by atoms with Gasteiger partial charge in [-0.1, -0.05) is 36.3 Å². The summed E-state index contributed by atoms with van der Waals surface area (Å²) in [5, 5.41) is 10.6. The summed E-state index contributed by atoms with van der Waals surface area (Å²) < 4.78 is 0. The predicted molar refractivity (Wildman–Crippen MR) is 96.0 cm³/mol. The molecule has 23 heavy (non-hydrogen) atoms. The number of hydrogen-bond acceptors (Lipinski definition) is 1. The largest absolute Gasteiger partial charge is 0.393 e. The molecule has 6 atom stereocenters. The Morgan fingerprint density at radius 1 is 1.13 bits per heavy atom. The molecule has 0 radical (unpaired) electrons. The van der Waals surface area contributed by atoms with Crippen molar-refractivity contribution >= 4 is 0 Å². The minimum Gasteiger partial charge on any atom is -0.393 e. The SMILES string of the molecule is C=C[C@]12CC/C(=C\C)C=C1CCC1C2CC[C@@]2(C)C1CC[C@@H]2O. The fourth-order valence-corrected chi connectivity index (χ4v) is 6.91. The molecule has 0 amide bonds. The van der Waals surface area contributed by atoms with Gasteiger partial charge < -0.3 is 5.11 Å². The van der Waals surface area contributed by atoms with Gasteiger partial charge >= 0.3 is 0 Å². The molecule has 0 aromatic rings. The summed E-state index contributed by atoms with van der Waals surface area (Å²) >= 11 is 0. The summed E-state index contributed by atoms with van der Waals surface area (Å²) in [4.78, 5) is 0. The van der Waals surface area contributed by atoms with Crippen molar-refractivity contribution in [2.24, 2.45) is 28.6 Å². The second-order valence-corrected chi connectivity index (χ2v) is 8.83. The van der Waals surface area contributed by atoms with Gasteiger partial charge in [-0.15, -0.1) is 6.58 Å². The highest BCUT2D eigenvalue weighted by Crippen LogP contribution is 2.66. The van der Waals surface area contributed by atoms with E-state index in [1.54, 1.807) is 5.57 Å². The molecule has 4 aliphatic carbocycles. The zero-order valence-corrected chi connectivity index (χ0v) is 14.9. The third-order valence-corrected chi connectivity index (χ3v) is 8.32. The molecule has 3 saturated carbocycles. The Balaban J connectivity index is 1.72. The highest BCUT2D eigenvalue weighted by Gasteiger charge is 2.59. The van der Waals surface area contributed by atoms with Gasteiger partial charge in [0.05, 0.1) is 6.10 Å². The summed E-state index contributed by atoms with van der Waals surface area (Å²) in [6.07, 6.45) is 16.8. The number of aliphatic hydroxyl groups is 1. The van der Waals surface area contributed by atoms with Crippen LogP contribution >= 0.6 is 0 Å². The van der Waals surface area contributed by atoms with E-state index in [-0.39, 0.29) is 16.9 Å². The van der Waals surface area contributed by atoms with Gasteiger partial charge in [0, 0.05) is 5.41 Å². The Labute approximate surface area is 141 Å². The molecular formula is C22H32O. The lowest BCUT2D eigenvalue weighted by Gasteiger charge is -2.58. The number of rotatable bonds is 1. The summed E-state index contributed by atoms with van der Waals surface area (Å²) in [6.45, 7) is 8.85. The molecule has 0 aromatic carbocycles. The van der Waals surface area contributed by atoms with Crippen LogP contribution in [0.2, 0.25) is 0 Å². The number of hydrogen-bond donors (Lipinski definition) is 1. The first kappa shape index (κ1) is 15.7. The zero-order chi connectivity index (χ0) is 16.2. The van der Waals surface area contributed by atoms with Gasteiger partial charge in [-0.3, -0.25) is 0 Å². The van der Waals surface area contributed by atoms with Crippen LogP contribution < -0.4 is 0 Å². The van der Waals surface area contributed by atoms with E-state index >= 15 is 0 Å². The fraction of sp³-hybridized carbons (Fsp3) is 0.727. The van der Waals surface area contributed by atoms with Crippen LogP contribution in [0.1, 0.15) is 65.2 Å². The molecule has 0 aromatic heterocycles. The molecular weight excluding hydrogens is 280 g/mol. The molecule has 0 heterocycles. The van der Waals surface area contributed by atoms with E-state index < -0.39 is 0 Å². The first-order chi connectivity index (χ1) is 11.0. The molecule has 4 rings (SSSR count). The van der Waals surface area contributed by atoms with Crippen molar-refractivity contribution in [1.29, 1.82) is 0 Å². The molecule has 3 unspecified atom stereocenters. The van der Waals surface area contributed by atoms with E-state index in [0.717, 1.165) is 24.2 Å². The molecule has 126 valence electrons. The van der Waals surface area contributed by atoms with Crippen LogP contribution in [0.25, 0.3) is 0 Å². The highest BCUT2D eigenvalue weighted by molar-refractivity contribution is 5.38. The van der Waals surface area contributed by atoms with E-state index in [4.69, 9.17) is 0 Å². The van der Waals surface area contributed by atoms with E-state index in [9.17, 15) is 5.11 Å². The first-order valence-electron chi connectivity index (χ1n) is 9.73. The van der Waals surface area contributed by atoms with Gasteiger partial charge in [0.2, 0.25) is 0 Å². The van der Waals surface area contributed by atoms with Gasteiger partial charge in [-0.2, -0.15) is 0 Å². The highest BCUT2D eigenvalue weighted by atomic mass is 16.3. The summed E-state index contributed by atoms with van der Waals surface area (Å²) in [7, 11) is 0. The summed E-state index contributed by atoms with van der Waals surface area (Å²) in [6, 6.07) is 0. The first-order valence-corrected chi connectivity index (χ1v) is 9.73. The van der Waals surface area contributed by atoms with Crippen molar-refractivity contribution in [3.8, 4) is 0 Å². The second kappa shape index (κ2) is 5.34. The Bertz CT molecular complexity index is 571. The van der Waals surface area contributed by atoms with Gasteiger partial charge in [0.15, 0.2) is 0 Å². The van der Waals surface area contributed by atoms with Crippen molar-refractivity contribution in [3.05, 3.63) is 36.0 Å². The zero-order valence-electron chi connectivity index (χ0n) is 14.9. The van der Waals surface area contributed by atoms with E-state index in [0.29, 0.717) is 0 Å². The third-order valence-electron chi connectivity index (χ3n) is 8.32. The normalized spacial score (nSPS) is 50.7. The van der Waals surface area contributed by atoms with Crippen LogP contribution in [-0.4, -0.2) is 11.2 Å². The minimum absolute atomic E-state index is 0.0638. The van der Waals surface area contributed by atoms with Crippen molar-refractivity contribution in [1.82, 2.24) is 0 Å². The van der Waals surface area contributed by atoms with Crippen molar-refractivity contribution in [2.75, 3.05) is 0 Å². The number of aliphatic hydroxyl groups excluding tert-OH is 1. The van der Waals surface area contributed by atoms with Gasteiger partial charge in [0.1, 0.15) is 0 Å². The molecule has 0 saturated heterocycles. The van der Waals surface area contributed by atoms with Crippen LogP contribution in [0.3, 0.4) is 0 Å². The predicted octanol–water partition coefficient (Wildman–Crippen LogP) is 5.42. The van der Waals surface area contributed by atoms with Crippen LogP contribution in [-0.2, 0) is 0 Å². The van der Waals surface area contributed by atoms with Crippen molar-refractivity contribution in [3.63, 3.8) is 0 Å². The Morgan fingerprint density at radius 3 is 2.70 bits per heavy atom. The average molecular weight is 312 g/mol. The molecule has 0 bridgehead atoms. The maximum atomic E-state index is 10.6. The molecule has 1 nitrogen and oxygen atoms in total. The van der Waals surface area contributed by atoms with Crippen LogP contribution in [0.5, 0.6) is 0 Å². The third kappa shape index (κ3) is 2.02. The van der Waals surface area contributed by atoms with Gasteiger partial charge in [0.25, 0.3) is 0 Å². The molecule has 4 aliphatic rings. The lowest BCUT2D eigenvalue weighted by molar-refractivity contribution is -0.0663. The molecule has 0 aliphatic heterocycles.